The molecular weight excluding hydrogens is 847 g/mol. The summed E-state index contributed by atoms with van der Waals surface area (Å²) in [5, 5.41) is 0. The van der Waals surface area contributed by atoms with E-state index in [2.05, 4.69) is 265 Å². The van der Waals surface area contributed by atoms with E-state index >= 15 is 0 Å². The molecular formula is C67H57N3. The summed E-state index contributed by atoms with van der Waals surface area (Å²) in [5.74, 6) is 0. The molecule has 0 aromatic heterocycles. The molecule has 0 amide bonds. The van der Waals surface area contributed by atoms with E-state index in [0.717, 1.165) is 49.9 Å². The van der Waals surface area contributed by atoms with Crippen molar-refractivity contribution in [2.45, 2.75) is 57.8 Å². The SMILES string of the molecule is CCC1(CC)c2cc(/C=C/C3=CC=C(c4c(-c5ccccc5)cccc4N4C5=C(CCC=C5)N(c5ccccc5)c5ccccc54)CC3)ccc2-c2ccc(N(c3ccccc3)c3ccccc3)cc21. The lowest BCUT2D eigenvalue weighted by atomic mass is 9.73. The van der Waals surface area contributed by atoms with Crippen LogP contribution in [-0.2, 0) is 5.41 Å². The summed E-state index contributed by atoms with van der Waals surface area (Å²) < 4.78 is 0. The number of allylic oxidation sites excluding steroid dienone is 8. The number of hydrogen-bond acceptors (Lipinski definition) is 3. The molecule has 0 saturated carbocycles. The smallest absolute Gasteiger partial charge is 0.0703 e. The first-order valence-electron chi connectivity index (χ1n) is 25.2. The Balaban J connectivity index is 0.898. The number of anilines is 7. The largest absolute Gasteiger partial charge is 0.310 e. The Morgan fingerprint density at radius 3 is 1.79 bits per heavy atom. The minimum absolute atomic E-state index is 0.0753. The molecule has 0 fully saturated rings. The van der Waals surface area contributed by atoms with Crippen molar-refractivity contribution in [1.82, 2.24) is 0 Å². The predicted octanol–water partition coefficient (Wildman–Crippen LogP) is 18.6. The normalized spacial score (nSPS) is 15.5. The molecule has 0 unspecified atom stereocenters. The van der Waals surface area contributed by atoms with Crippen LogP contribution in [0, 0.1) is 0 Å². The van der Waals surface area contributed by atoms with Gasteiger partial charge in [0.2, 0.25) is 0 Å². The monoisotopic (exact) mass is 903 g/mol. The van der Waals surface area contributed by atoms with Crippen LogP contribution >= 0.6 is 0 Å². The molecule has 12 rings (SSSR count). The molecule has 0 atom stereocenters. The minimum atomic E-state index is -0.0753. The molecule has 1 heterocycles. The average Bonchev–Trinajstić information content (AvgIpc) is 3.71. The van der Waals surface area contributed by atoms with Gasteiger partial charge in [-0.1, -0.05) is 178 Å². The highest BCUT2D eigenvalue weighted by molar-refractivity contribution is 5.97. The zero-order valence-corrected chi connectivity index (χ0v) is 40.1. The van der Waals surface area contributed by atoms with Crippen molar-refractivity contribution in [1.29, 1.82) is 0 Å². The topological polar surface area (TPSA) is 9.72 Å². The zero-order chi connectivity index (χ0) is 47.0. The molecule has 340 valence electrons. The van der Waals surface area contributed by atoms with Crippen molar-refractivity contribution in [3.63, 3.8) is 0 Å². The highest BCUT2D eigenvalue weighted by atomic mass is 15.3. The Labute approximate surface area is 414 Å². The number of nitrogens with zero attached hydrogens (tertiary/aromatic N) is 3. The van der Waals surface area contributed by atoms with Gasteiger partial charge in [0.25, 0.3) is 0 Å². The molecule has 1 aliphatic heterocycles. The van der Waals surface area contributed by atoms with Gasteiger partial charge in [-0.25, -0.2) is 0 Å². The minimum Gasteiger partial charge on any atom is -0.310 e. The Morgan fingerprint density at radius 1 is 0.500 bits per heavy atom. The molecule has 3 heteroatoms. The van der Waals surface area contributed by atoms with Crippen LogP contribution in [0.2, 0.25) is 0 Å². The summed E-state index contributed by atoms with van der Waals surface area (Å²) >= 11 is 0. The Hall–Kier alpha value is -8.14. The van der Waals surface area contributed by atoms with Crippen LogP contribution in [0.25, 0.3) is 33.9 Å². The van der Waals surface area contributed by atoms with Crippen molar-refractivity contribution in [3.8, 4) is 22.3 Å². The molecule has 8 aromatic carbocycles. The maximum atomic E-state index is 2.55. The number of para-hydroxylation sites is 5. The van der Waals surface area contributed by atoms with E-state index in [9.17, 15) is 0 Å². The Kier molecular flexibility index (Phi) is 11.3. The molecule has 0 spiro atoms. The number of benzene rings is 8. The summed E-state index contributed by atoms with van der Waals surface area (Å²) in [6.07, 6.45) is 20.1. The van der Waals surface area contributed by atoms with Gasteiger partial charge in [-0.05, 0) is 161 Å². The molecule has 8 aromatic rings. The fourth-order valence-corrected chi connectivity index (χ4v) is 11.8. The third-order valence-corrected chi connectivity index (χ3v) is 15.2. The van der Waals surface area contributed by atoms with Gasteiger partial charge >= 0.3 is 0 Å². The van der Waals surface area contributed by atoms with E-state index in [1.807, 2.05) is 0 Å². The second-order valence-corrected chi connectivity index (χ2v) is 18.9. The molecule has 4 aliphatic rings. The fraction of sp³-hybridized carbons (Fsp3) is 0.134. The van der Waals surface area contributed by atoms with E-state index < -0.39 is 0 Å². The molecule has 0 saturated heterocycles. The van der Waals surface area contributed by atoms with Gasteiger partial charge in [0.15, 0.2) is 0 Å². The summed E-state index contributed by atoms with van der Waals surface area (Å²) in [4.78, 5) is 7.42. The van der Waals surface area contributed by atoms with E-state index in [0.29, 0.717) is 0 Å². The van der Waals surface area contributed by atoms with E-state index in [4.69, 9.17) is 0 Å². The molecule has 3 nitrogen and oxygen atoms in total. The summed E-state index contributed by atoms with van der Waals surface area (Å²) in [6.45, 7) is 4.74. The third-order valence-electron chi connectivity index (χ3n) is 15.2. The lowest BCUT2D eigenvalue weighted by Gasteiger charge is -2.43. The number of hydrogen-bond donors (Lipinski definition) is 0. The van der Waals surface area contributed by atoms with Gasteiger partial charge in [0, 0.05) is 39.4 Å². The lowest BCUT2D eigenvalue weighted by Crippen LogP contribution is -2.32. The van der Waals surface area contributed by atoms with Gasteiger partial charge in [0.1, 0.15) is 0 Å². The number of rotatable bonds is 11. The van der Waals surface area contributed by atoms with Crippen molar-refractivity contribution in [2.24, 2.45) is 0 Å². The first-order chi connectivity index (χ1) is 34.6. The molecule has 3 aliphatic carbocycles. The first-order valence-corrected chi connectivity index (χ1v) is 25.2. The highest BCUT2D eigenvalue weighted by Gasteiger charge is 2.41. The van der Waals surface area contributed by atoms with E-state index in [1.54, 1.807) is 0 Å². The maximum Gasteiger partial charge on any atom is 0.0703 e. The second-order valence-electron chi connectivity index (χ2n) is 18.9. The zero-order valence-electron chi connectivity index (χ0n) is 40.1. The molecule has 0 N–H and O–H groups in total. The Morgan fingerprint density at radius 2 is 1.11 bits per heavy atom. The van der Waals surface area contributed by atoms with Crippen molar-refractivity contribution >= 4 is 51.5 Å². The van der Waals surface area contributed by atoms with E-state index in [-0.39, 0.29) is 5.41 Å². The van der Waals surface area contributed by atoms with Gasteiger partial charge in [0.05, 0.1) is 22.8 Å². The second kappa shape index (κ2) is 18.4. The quantitative estimate of drug-likeness (QED) is 0.128. The third kappa shape index (κ3) is 7.45. The van der Waals surface area contributed by atoms with Crippen LogP contribution in [0.15, 0.2) is 248 Å². The van der Waals surface area contributed by atoms with Crippen LogP contribution in [0.3, 0.4) is 0 Å². The average molecular weight is 904 g/mol. The lowest BCUT2D eigenvalue weighted by molar-refractivity contribution is 0.490. The van der Waals surface area contributed by atoms with Gasteiger partial charge < -0.3 is 14.7 Å². The van der Waals surface area contributed by atoms with Crippen molar-refractivity contribution in [2.75, 3.05) is 14.7 Å². The number of fused-ring (bicyclic) bond motifs is 4. The summed E-state index contributed by atoms with van der Waals surface area (Å²) in [5.41, 5.74) is 24.2. The molecule has 0 bridgehead atoms. The van der Waals surface area contributed by atoms with Crippen LogP contribution in [0.1, 0.15) is 74.6 Å². The fourth-order valence-electron chi connectivity index (χ4n) is 11.8. The molecule has 70 heavy (non-hydrogen) atoms. The van der Waals surface area contributed by atoms with Crippen molar-refractivity contribution < 1.29 is 0 Å². The highest BCUT2D eigenvalue weighted by Crippen LogP contribution is 2.55. The van der Waals surface area contributed by atoms with Crippen LogP contribution < -0.4 is 14.7 Å². The van der Waals surface area contributed by atoms with Crippen LogP contribution in [0.4, 0.5) is 39.8 Å². The van der Waals surface area contributed by atoms with Gasteiger partial charge in [-0.15, -0.1) is 0 Å². The van der Waals surface area contributed by atoms with Gasteiger partial charge in [-0.3, -0.25) is 0 Å². The molecule has 0 radical (unpaired) electrons. The first kappa shape index (κ1) is 43.2. The van der Waals surface area contributed by atoms with Crippen LogP contribution in [-0.4, -0.2) is 0 Å². The van der Waals surface area contributed by atoms with Crippen LogP contribution in [0.5, 0.6) is 0 Å². The predicted molar refractivity (Wildman–Crippen MR) is 297 cm³/mol. The summed E-state index contributed by atoms with van der Waals surface area (Å²) in [6, 6.07) is 73.5. The Bertz CT molecular complexity index is 3350. The standard InChI is InChI=1S/C67H57N3/c1-3-67(4-2)59-46-49(40-44-57(59)58-45-43-55(47-60(58)67)68(52-24-11-6-12-25-52)53-26-13-7-14-27-53)37-36-48-38-41-51(42-39-48)66-56(50-22-9-5-10-23-50)30-21-35-65(66)70-63-33-19-17-31-61(63)69(54-28-15-8-16-29-54)62-32-18-20-34-64(62)70/h5-17,19-31,33-38,40-41,43-47H,3-4,18,32,39,42H2,1-2H3/b37-36+. The van der Waals surface area contributed by atoms with E-state index in [1.165, 1.54) is 95.5 Å². The summed E-state index contributed by atoms with van der Waals surface area (Å²) in [7, 11) is 0. The van der Waals surface area contributed by atoms with Gasteiger partial charge in [-0.2, -0.15) is 0 Å². The van der Waals surface area contributed by atoms with Crippen molar-refractivity contribution in [3.05, 3.63) is 270 Å². The maximum absolute atomic E-state index is 2.55.